The Morgan fingerprint density at radius 3 is 2.67 bits per heavy atom. The Balaban J connectivity index is 2.18. The van der Waals surface area contributed by atoms with E-state index in [9.17, 15) is 9.90 Å². The lowest BCUT2D eigenvalue weighted by Crippen LogP contribution is -2.32. The molecule has 0 radical (unpaired) electrons. The minimum Gasteiger partial charge on any atom is -0.469 e. The molecule has 0 aromatic heterocycles. The topological polar surface area (TPSA) is 46.5 Å². The molecule has 2 aliphatic rings. The van der Waals surface area contributed by atoms with Gasteiger partial charge in [0, 0.05) is 5.92 Å². The van der Waals surface area contributed by atoms with Gasteiger partial charge in [-0.3, -0.25) is 4.79 Å². The number of fused-ring (bicyclic) bond motifs is 2. The lowest BCUT2D eigenvalue weighted by molar-refractivity contribution is -0.150. The zero-order chi connectivity index (χ0) is 8.72. The van der Waals surface area contributed by atoms with E-state index in [1.54, 1.807) is 0 Å². The molecule has 1 N–H and O–H groups in total. The molecule has 0 saturated heterocycles. The maximum absolute atomic E-state index is 11.2. The number of methoxy groups -OCH3 is 1. The van der Waals surface area contributed by atoms with Crippen molar-refractivity contribution >= 4 is 5.97 Å². The number of allylic oxidation sites excluding steroid dienone is 1. The molecule has 3 nitrogen and oxygen atoms in total. The molecular weight excluding hydrogens is 156 g/mol. The molecule has 3 heteroatoms. The molecule has 4 unspecified atom stereocenters. The van der Waals surface area contributed by atoms with Gasteiger partial charge in [0.25, 0.3) is 0 Å². The third-order valence-electron chi connectivity index (χ3n) is 2.89. The maximum Gasteiger partial charge on any atom is 0.311 e. The Kier molecular flexibility index (Phi) is 1.68. The van der Waals surface area contributed by atoms with E-state index in [1.165, 1.54) is 7.11 Å². The number of hydrogen-bond acceptors (Lipinski definition) is 3. The van der Waals surface area contributed by atoms with Crippen LogP contribution < -0.4 is 0 Å². The lowest BCUT2D eigenvalue weighted by atomic mass is 9.91. The molecular formula is C9H12O3. The normalized spacial score (nSPS) is 43.5. The number of carbonyl (C=O) groups excluding carboxylic acids is 1. The number of carbonyl (C=O) groups is 1. The molecule has 0 aliphatic heterocycles. The Morgan fingerprint density at radius 2 is 2.17 bits per heavy atom. The van der Waals surface area contributed by atoms with Gasteiger partial charge in [0.15, 0.2) is 0 Å². The van der Waals surface area contributed by atoms with Crippen molar-refractivity contribution in [1.29, 1.82) is 0 Å². The standard InChI is InChI=1S/C9H12O3/c1-12-9(11)7-5-2-3-6(4-5)8(7)10/h2-3,5-8,10H,4H2,1H3. The first-order chi connectivity index (χ1) is 5.74. The van der Waals surface area contributed by atoms with Gasteiger partial charge in [0.05, 0.1) is 19.1 Å². The van der Waals surface area contributed by atoms with Gasteiger partial charge >= 0.3 is 5.97 Å². The predicted molar refractivity (Wildman–Crippen MR) is 42.2 cm³/mol. The summed E-state index contributed by atoms with van der Waals surface area (Å²) in [6.07, 6.45) is 4.39. The summed E-state index contributed by atoms with van der Waals surface area (Å²) >= 11 is 0. The van der Waals surface area contributed by atoms with E-state index >= 15 is 0 Å². The number of hydrogen-bond donors (Lipinski definition) is 1. The van der Waals surface area contributed by atoms with Crippen LogP contribution >= 0.6 is 0 Å². The second kappa shape index (κ2) is 2.59. The molecule has 0 aromatic carbocycles. The number of rotatable bonds is 1. The van der Waals surface area contributed by atoms with E-state index in [0.717, 1.165) is 6.42 Å². The Morgan fingerprint density at radius 1 is 1.50 bits per heavy atom. The summed E-state index contributed by atoms with van der Waals surface area (Å²) in [5, 5.41) is 9.63. The van der Waals surface area contributed by atoms with Crippen molar-refractivity contribution in [2.75, 3.05) is 7.11 Å². The largest absolute Gasteiger partial charge is 0.469 e. The summed E-state index contributed by atoms with van der Waals surface area (Å²) in [7, 11) is 1.37. The first kappa shape index (κ1) is 7.80. The fraction of sp³-hybridized carbons (Fsp3) is 0.667. The highest BCUT2D eigenvalue weighted by atomic mass is 16.5. The summed E-state index contributed by atoms with van der Waals surface area (Å²) in [5.74, 6) is -0.208. The van der Waals surface area contributed by atoms with Crippen LogP contribution in [0.2, 0.25) is 0 Å². The van der Waals surface area contributed by atoms with Gasteiger partial charge in [-0.25, -0.2) is 0 Å². The van der Waals surface area contributed by atoms with Gasteiger partial charge in [-0.15, -0.1) is 0 Å². The highest BCUT2D eigenvalue weighted by Gasteiger charge is 2.47. The van der Waals surface area contributed by atoms with Crippen LogP contribution in [0, 0.1) is 17.8 Å². The molecule has 12 heavy (non-hydrogen) atoms. The highest BCUT2D eigenvalue weighted by Crippen LogP contribution is 2.43. The highest BCUT2D eigenvalue weighted by molar-refractivity contribution is 5.74. The molecule has 66 valence electrons. The average Bonchev–Trinajstić information content (AvgIpc) is 2.63. The second-order valence-corrected chi connectivity index (χ2v) is 3.49. The van der Waals surface area contributed by atoms with Gasteiger partial charge in [0.2, 0.25) is 0 Å². The number of ether oxygens (including phenoxy) is 1. The third kappa shape index (κ3) is 0.894. The van der Waals surface area contributed by atoms with E-state index in [2.05, 4.69) is 4.74 Å². The smallest absolute Gasteiger partial charge is 0.311 e. The molecule has 2 aliphatic carbocycles. The van der Waals surface area contributed by atoms with Crippen LogP contribution in [0.5, 0.6) is 0 Å². The van der Waals surface area contributed by atoms with Gasteiger partial charge in [-0.1, -0.05) is 12.2 Å². The van der Waals surface area contributed by atoms with E-state index in [4.69, 9.17) is 0 Å². The van der Waals surface area contributed by atoms with Gasteiger partial charge < -0.3 is 9.84 Å². The van der Waals surface area contributed by atoms with Crippen LogP contribution in [-0.4, -0.2) is 24.3 Å². The molecule has 1 fully saturated rings. The van der Waals surface area contributed by atoms with Gasteiger partial charge in [0.1, 0.15) is 0 Å². The van der Waals surface area contributed by atoms with Crippen LogP contribution in [0.15, 0.2) is 12.2 Å². The van der Waals surface area contributed by atoms with E-state index in [-0.39, 0.29) is 23.7 Å². The van der Waals surface area contributed by atoms with Gasteiger partial charge in [-0.05, 0) is 12.3 Å². The maximum atomic E-state index is 11.2. The average molecular weight is 168 g/mol. The van der Waals surface area contributed by atoms with E-state index in [0.29, 0.717) is 0 Å². The van der Waals surface area contributed by atoms with E-state index in [1.807, 2.05) is 12.2 Å². The zero-order valence-electron chi connectivity index (χ0n) is 6.93. The summed E-state index contributed by atoms with van der Waals surface area (Å²) in [6.45, 7) is 0. The van der Waals surface area contributed by atoms with Crippen LogP contribution in [-0.2, 0) is 9.53 Å². The fourth-order valence-corrected chi connectivity index (χ4v) is 2.25. The molecule has 2 rings (SSSR count). The van der Waals surface area contributed by atoms with Crippen molar-refractivity contribution in [3.63, 3.8) is 0 Å². The molecule has 1 saturated carbocycles. The quantitative estimate of drug-likeness (QED) is 0.453. The number of aliphatic hydroxyl groups excluding tert-OH is 1. The minimum absolute atomic E-state index is 0.180. The first-order valence-corrected chi connectivity index (χ1v) is 4.18. The zero-order valence-corrected chi connectivity index (χ0v) is 6.93. The van der Waals surface area contributed by atoms with Crippen molar-refractivity contribution in [3.05, 3.63) is 12.2 Å². The predicted octanol–water partition coefficient (Wildman–Crippen LogP) is 0.342. The van der Waals surface area contributed by atoms with Gasteiger partial charge in [-0.2, -0.15) is 0 Å². The summed E-state index contributed by atoms with van der Waals surface area (Å²) in [6, 6.07) is 0. The molecule has 2 bridgehead atoms. The van der Waals surface area contributed by atoms with Crippen LogP contribution in [0.3, 0.4) is 0 Å². The van der Waals surface area contributed by atoms with Crippen molar-refractivity contribution < 1.29 is 14.6 Å². The minimum atomic E-state index is -0.521. The Hall–Kier alpha value is -0.830. The molecule has 4 atom stereocenters. The number of aliphatic hydroxyl groups is 1. The molecule has 0 amide bonds. The van der Waals surface area contributed by atoms with Crippen LogP contribution in [0.25, 0.3) is 0 Å². The first-order valence-electron chi connectivity index (χ1n) is 4.18. The van der Waals surface area contributed by atoms with Crippen LogP contribution in [0.4, 0.5) is 0 Å². The molecule has 0 aromatic rings. The summed E-state index contributed by atoms with van der Waals surface area (Å²) < 4.78 is 4.62. The SMILES string of the molecule is COC(=O)C1C2C=CC(C2)C1O. The van der Waals surface area contributed by atoms with Crippen molar-refractivity contribution in [3.8, 4) is 0 Å². The van der Waals surface area contributed by atoms with Crippen LogP contribution in [0.1, 0.15) is 6.42 Å². The summed E-state index contributed by atoms with van der Waals surface area (Å²) in [5.41, 5.74) is 0. The lowest BCUT2D eigenvalue weighted by Gasteiger charge is -2.20. The Bertz CT molecular complexity index is 234. The molecule has 0 spiro atoms. The summed E-state index contributed by atoms with van der Waals surface area (Å²) in [4.78, 5) is 11.2. The number of esters is 1. The second-order valence-electron chi connectivity index (χ2n) is 3.49. The van der Waals surface area contributed by atoms with Crippen molar-refractivity contribution in [2.24, 2.45) is 17.8 Å². The third-order valence-corrected chi connectivity index (χ3v) is 2.89. The molecule has 0 heterocycles. The fourth-order valence-electron chi connectivity index (χ4n) is 2.25. The van der Waals surface area contributed by atoms with Crippen molar-refractivity contribution in [1.82, 2.24) is 0 Å². The van der Waals surface area contributed by atoms with E-state index < -0.39 is 6.10 Å². The van der Waals surface area contributed by atoms with Crippen molar-refractivity contribution in [2.45, 2.75) is 12.5 Å². The Labute approximate surface area is 71.0 Å². The monoisotopic (exact) mass is 168 g/mol.